The summed E-state index contributed by atoms with van der Waals surface area (Å²) in [7, 11) is 0. The van der Waals surface area contributed by atoms with Crippen molar-refractivity contribution in [1.82, 2.24) is 0 Å². The van der Waals surface area contributed by atoms with Crippen molar-refractivity contribution in [1.29, 1.82) is 0 Å². The maximum Gasteiger partial charge on any atom is 0.461 e. The molecule has 0 radical (unpaired) electrons. The van der Waals surface area contributed by atoms with Crippen LogP contribution in [-0.2, 0) is 4.74 Å². The Hall–Kier alpha value is -1.23. The molecule has 26 heavy (non-hydrogen) atoms. The summed E-state index contributed by atoms with van der Waals surface area (Å²) in [6.45, 7) is 2.62. The van der Waals surface area contributed by atoms with Gasteiger partial charge in [0.15, 0.2) is 11.3 Å². The van der Waals surface area contributed by atoms with E-state index in [1.54, 1.807) is 6.92 Å². The second-order valence-corrected chi connectivity index (χ2v) is 5.55. The van der Waals surface area contributed by atoms with Gasteiger partial charge >= 0.3 is 24.5 Å². The fourth-order valence-electron chi connectivity index (χ4n) is 1.96. The fourth-order valence-corrected chi connectivity index (χ4v) is 1.96. The number of alkyl halides is 11. The summed E-state index contributed by atoms with van der Waals surface area (Å²) in [5.41, 5.74) is -4.01. The van der Waals surface area contributed by atoms with Gasteiger partial charge in [-0.05, 0) is 19.8 Å². The standard InChI is InChI=1S/C14H17F11O/c1-3-4-5-6-7-8(2)26-10(11(15,16)14(23,24)25)9(12(17,18)19)13(20,21)22/h8H,3-7H2,1-2H3. The Morgan fingerprint density at radius 1 is 0.769 bits per heavy atom. The van der Waals surface area contributed by atoms with Crippen molar-refractivity contribution in [2.24, 2.45) is 0 Å². The highest BCUT2D eigenvalue weighted by atomic mass is 19.4. The van der Waals surface area contributed by atoms with Crippen molar-refractivity contribution in [3.8, 4) is 0 Å². The highest BCUT2D eigenvalue weighted by molar-refractivity contribution is 5.26. The summed E-state index contributed by atoms with van der Waals surface area (Å²) < 4.78 is 144. The van der Waals surface area contributed by atoms with Gasteiger partial charge in [-0.25, -0.2) is 0 Å². The van der Waals surface area contributed by atoms with Crippen molar-refractivity contribution in [2.45, 2.75) is 76.5 Å². The molecule has 0 aromatic heterocycles. The molecule has 0 spiro atoms. The molecule has 0 heterocycles. The first kappa shape index (κ1) is 24.8. The molecule has 0 saturated heterocycles. The minimum atomic E-state index is -6.70. The summed E-state index contributed by atoms with van der Waals surface area (Å²) >= 11 is 0. The molecule has 0 saturated carbocycles. The molecule has 0 aliphatic carbocycles. The summed E-state index contributed by atoms with van der Waals surface area (Å²) in [5.74, 6) is -9.95. The molecule has 0 aliphatic heterocycles. The molecule has 0 aromatic rings. The predicted molar refractivity (Wildman–Crippen MR) is 69.4 cm³/mol. The van der Waals surface area contributed by atoms with Crippen LogP contribution < -0.4 is 0 Å². The average Bonchev–Trinajstić information content (AvgIpc) is 2.38. The van der Waals surface area contributed by atoms with Crippen LogP contribution in [0.2, 0.25) is 0 Å². The molecule has 0 bridgehead atoms. The third-order valence-electron chi connectivity index (χ3n) is 3.22. The Kier molecular flexibility index (Phi) is 8.23. The zero-order chi connectivity index (χ0) is 21.0. The van der Waals surface area contributed by atoms with E-state index in [0.29, 0.717) is 12.8 Å². The molecule has 12 heteroatoms. The zero-order valence-electron chi connectivity index (χ0n) is 13.7. The molecular formula is C14H17F11O. The van der Waals surface area contributed by atoms with E-state index < -0.39 is 41.9 Å². The lowest BCUT2D eigenvalue weighted by molar-refractivity contribution is -0.283. The van der Waals surface area contributed by atoms with Crippen LogP contribution in [0.25, 0.3) is 0 Å². The SMILES string of the molecule is CCCCCCC(C)OC(=C(C(F)(F)F)C(F)(F)F)C(F)(F)C(F)(F)F. The highest BCUT2D eigenvalue weighted by Gasteiger charge is 2.68. The molecule has 0 amide bonds. The van der Waals surface area contributed by atoms with Crippen LogP contribution in [0.5, 0.6) is 0 Å². The van der Waals surface area contributed by atoms with E-state index in [9.17, 15) is 48.3 Å². The van der Waals surface area contributed by atoms with Gasteiger partial charge in [-0.15, -0.1) is 0 Å². The van der Waals surface area contributed by atoms with Gasteiger partial charge in [0.1, 0.15) is 0 Å². The van der Waals surface area contributed by atoms with Crippen LogP contribution in [0.1, 0.15) is 46.0 Å². The third-order valence-corrected chi connectivity index (χ3v) is 3.22. The lowest BCUT2D eigenvalue weighted by Gasteiger charge is -2.29. The summed E-state index contributed by atoms with van der Waals surface area (Å²) in [6.07, 6.45) is -19.8. The molecule has 0 N–H and O–H groups in total. The van der Waals surface area contributed by atoms with Gasteiger partial charge in [0.25, 0.3) is 0 Å². The van der Waals surface area contributed by atoms with E-state index in [2.05, 4.69) is 4.74 Å². The maximum absolute atomic E-state index is 13.4. The number of hydrogen-bond acceptors (Lipinski definition) is 1. The quantitative estimate of drug-likeness (QED) is 0.239. The molecule has 0 rings (SSSR count). The smallest absolute Gasteiger partial charge is 0.461 e. The normalized spacial score (nSPS) is 15.0. The first-order valence-electron chi connectivity index (χ1n) is 7.46. The van der Waals surface area contributed by atoms with Crippen molar-refractivity contribution in [2.75, 3.05) is 0 Å². The molecule has 0 aliphatic rings. The van der Waals surface area contributed by atoms with Gasteiger partial charge < -0.3 is 4.74 Å². The van der Waals surface area contributed by atoms with Crippen molar-refractivity contribution in [3.63, 3.8) is 0 Å². The molecular weight excluding hydrogens is 393 g/mol. The number of ether oxygens (including phenoxy) is 1. The van der Waals surface area contributed by atoms with Gasteiger partial charge in [-0.2, -0.15) is 48.3 Å². The summed E-state index contributed by atoms with van der Waals surface area (Å²) in [6, 6.07) is 0. The second-order valence-electron chi connectivity index (χ2n) is 5.55. The first-order chi connectivity index (χ1) is 11.5. The summed E-state index contributed by atoms with van der Waals surface area (Å²) in [5, 5.41) is 0. The van der Waals surface area contributed by atoms with E-state index in [-0.39, 0.29) is 12.8 Å². The van der Waals surface area contributed by atoms with Crippen LogP contribution in [0.15, 0.2) is 11.3 Å². The summed E-state index contributed by atoms with van der Waals surface area (Å²) in [4.78, 5) is 0. The van der Waals surface area contributed by atoms with Crippen molar-refractivity contribution >= 4 is 0 Å². The van der Waals surface area contributed by atoms with Crippen LogP contribution in [-0.4, -0.2) is 30.6 Å². The Labute approximate surface area is 142 Å². The van der Waals surface area contributed by atoms with Gasteiger partial charge in [0.2, 0.25) is 0 Å². The second kappa shape index (κ2) is 8.64. The minimum Gasteiger partial charge on any atom is -0.488 e. The Bertz CT molecular complexity index is 455. The lowest BCUT2D eigenvalue weighted by atomic mass is 10.1. The van der Waals surface area contributed by atoms with Crippen molar-refractivity contribution < 1.29 is 53.0 Å². The number of rotatable bonds is 8. The molecule has 0 aromatic carbocycles. The van der Waals surface area contributed by atoms with E-state index >= 15 is 0 Å². The van der Waals surface area contributed by atoms with E-state index in [1.165, 1.54) is 0 Å². The van der Waals surface area contributed by atoms with Gasteiger partial charge in [-0.1, -0.05) is 26.2 Å². The van der Waals surface area contributed by atoms with Crippen molar-refractivity contribution in [3.05, 3.63) is 11.3 Å². The monoisotopic (exact) mass is 410 g/mol. The Morgan fingerprint density at radius 3 is 1.58 bits per heavy atom. The van der Waals surface area contributed by atoms with Gasteiger partial charge in [0.05, 0.1) is 6.10 Å². The predicted octanol–water partition coefficient (Wildman–Crippen LogP) is 6.94. The average molecular weight is 410 g/mol. The van der Waals surface area contributed by atoms with Gasteiger partial charge in [0, 0.05) is 0 Å². The number of hydrogen-bond donors (Lipinski definition) is 0. The third kappa shape index (κ3) is 6.82. The largest absolute Gasteiger partial charge is 0.488 e. The van der Waals surface area contributed by atoms with E-state index in [0.717, 1.165) is 13.3 Å². The van der Waals surface area contributed by atoms with Gasteiger partial charge in [-0.3, -0.25) is 0 Å². The van der Waals surface area contributed by atoms with Crippen LogP contribution in [0.4, 0.5) is 48.3 Å². The number of allylic oxidation sites excluding steroid dienone is 2. The highest BCUT2D eigenvalue weighted by Crippen LogP contribution is 2.50. The van der Waals surface area contributed by atoms with Crippen LogP contribution in [0, 0.1) is 0 Å². The topological polar surface area (TPSA) is 9.23 Å². The van der Waals surface area contributed by atoms with E-state index in [1.807, 2.05) is 0 Å². The lowest BCUT2D eigenvalue weighted by Crippen LogP contribution is -2.44. The number of unbranched alkanes of at least 4 members (excludes halogenated alkanes) is 3. The Balaban J connectivity index is 6.03. The zero-order valence-corrected chi connectivity index (χ0v) is 13.7. The van der Waals surface area contributed by atoms with Crippen LogP contribution in [0.3, 0.4) is 0 Å². The Morgan fingerprint density at radius 2 is 1.23 bits per heavy atom. The van der Waals surface area contributed by atoms with E-state index in [4.69, 9.17) is 0 Å². The van der Waals surface area contributed by atoms with Crippen LogP contribution >= 0.6 is 0 Å². The molecule has 156 valence electrons. The fraction of sp³-hybridized carbons (Fsp3) is 0.857. The minimum absolute atomic E-state index is 0.174. The number of halogens is 11. The molecule has 0 fully saturated rings. The molecule has 1 atom stereocenters. The first-order valence-corrected chi connectivity index (χ1v) is 7.46. The maximum atomic E-state index is 13.4. The molecule has 1 nitrogen and oxygen atoms in total. The molecule has 1 unspecified atom stereocenters.